The number of fused-ring (bicyclic) bond motifs is 2. The lowest BCUT2D eigenvalue weighted by molar-refractivity contribution is -0.170. The summed E-state index contributed by atoms with van der Waals surface area (Å²) in [7, 11) is 0. The van der Waals surface area contributed by atoms with E-state index in [0.717, 1.165) is 6.42 Å². The minimum absolute atomic E-state index is 0.0970. The van der Waals surface area contributed by atoms with Crippen LogP contribution in [0.2, 0.25) is 0 Å². The Labute approximate surface area is 151 Å². The van der Waals surface area contributed by atoms with Gasteiger partial charge in [-0.2, -0.15) is 0 Å². The fourth-order valence-electron chi connectivity index (χ4n) is 4.81. The van der Waals surface area contributed by atoms with Gasteiger partial charge in [-0.15, -0.1) is 13.2 Å². The maximum Gasteiger partial charge on any atom is 0.173 e. The highest BCUT2D eigenvalue weighted by atomic mass is 16.3. The molecule has 136 valence electrons. The number of carbonyl (C=O) groups excluding carboxylic acids is 2. The van der Waals surface area contributed by atoms with Gasteiger partial charge in [-0.05, 0) is 50.9 Å². The van der Waals surface area contributed by atoms with Crippen LogP contribution in [0.5, 0.6) is 0 Å². The zero-order valence-electron chi connectivity index (χ0n) is 15.9. The van der Waals surface area contributed by atoms with Crippen molar-refractivity contribution in [2.24, 2.45) is 22.2 Å². The molecule has 0 aromatic rings. The Morgan fingerprint density at radius 2 is 1.84 bits per heavy atom. The third kappa shape index (κ3) is 2.56. The summed E-state index contributed by atoms with van der Waals surface area (Å²) in [6.45, 7) is 15.7. The van der Waals surface area contributed by atoms with Crippen LogP contribution < -0.4 is 0 Å². The molecular weight excluding hydrogens is 312 g/mol. The largest absolute Gasteiger partial charge is 0.511 e. The number of ketones is 2. The van der Waals surface area contributed by atoms with Gasteiger partial charge in [0.1, 0.15) is 11.2 Å². The van der Waals surface area contributed by atoms with Crippen LogP contribution in [0.1, 0.15) is 53.4 Å². The van der Waals surface area contributed by atoms with Gasteiger partial charge in [0.25, 0.3) is 0 Å². The van der Waals surface area contributed by atoms with E-state index in [9.17, 15) is 14.7 Å². The summed E-state index contributed by atoms with van der Waals surface area (Å²) in [5.41, 5.74) is -1.51. The number of hydrogen-bond donors (Lipinski definition) is 1. The van der Waals surface area contributed by atoms with Crippen molar-refractivity contribution in [3.63, 3.8) is 0 Å². The average molecular weight is 342 g/mol. The highest BCUT2D eigenvalue weighted by Crippen LogP contribution is 2.64. The van der Waals surface area contributed by atoms with Crippen molar-refractivity contribution >= 4 is 11.6 Å². The first-order valence-electron chi connectivity index (χ1n) is 8.95. The van der Waals surface area contributed by atoms with E-state index in [1.807, 2.05) is 27.7 Å². The molecule has 1 saturated carbocycles. The maximum absolute atomic E-state index is 13.6. The molecular formula is C22H30O3. The van der Waals surface area contributed by atoms with E-state index in [0.29, 0.717) is 19.3 Å². The number of Topliss-reactive ketones (excluding diaryl/α,β-unsaturated/α-hetero) is 1. The normalized spacial score (nSPS) is 33.4. The number of allylic oxidation sites excluding steroid dienone is 6. The van der Waals surface area contributed by atoms with Gasteiger partial charge in [0.15, 0.2) is 11.6 Å². The molecule has 0 unspecified atom stereocenters. The summed E-state index contributed by atoms with van der Waals surface area (Å²) in [6.07, 6.45) is 8.74. The van der Waals surface area contributed by atoms with Gasteiger partial charge in [-0.3, -0.25) is 9.59 Å². The molecule has 3 heteroatoms. The fourth-order valence-corrected chi connectivity index (χ4v) is 4.81. The molecule has 1 N–H and O–H groups in total. The van der Waals surface area contributed by atoms with Crippen LogP contribution >= 0.6 is 0 Å². The van der Waals surface area contributed by atoms with Crippen LogP contribution in [-0.4, -0.2) is 16.7 Å². The van der Waals surface area contributed by atoms with Crippen molar-refractivity contribution in [2.75, 3.05) is 0 Å². The van der Waals surface area contributed by atoms with E-state index in [4.69, 9.17) is 0 Å². The molecule has 0 aromatic heterocycles. The number of rotatable bonds is 6. The van der Waals surface area contributed by atoms with Crippen LogP contribution in [0.4, 0.5) is 0 Å². The van der Waals surface area contributed by atoms with E-state index in [2.05, 4.69) is 19.2 Å². The number of carbonyl (C=O) groups is 2. The summed E-state index contributed by atoms with van der Waals surface area (Å²) in [4.78, 5) is 26.7. The molecule has 0 aromatic carbocycles. The van der Waals surface area contributed by atoms with Gasteiger partial charge in [-0.1, -0.05) is 37.6 Å². The van der Waals surface area contributed by atoms with Gasteiger partial charge in [0, 0.05) is 6.08 Å². The molecule has 2 aliphatic rings. The average Bonchev–Trinajstić information content (AvgIpc) is 2.51. The lowest BCUT2D eigenvalue weighted by atomic mass is 9.41. The predicted octanol–water partition coefficient (Wildman–Crippen LogP) is 5.11. The standard InChI is InChI=1S/C22H30O3/c1-7-11-21-14-16(10-9-15(3)4)20(5,6)22(12-8-2,19(21)25)18(24)13-17(21)23/h7-9,13,16,23H,1-2,10-12,14H2,3-6H3/t16-,21-,22+/m1/s1. The first-order chi connectivity index (χ1) is 11.6. The fraction of sp³-hybridized carbons (Fsp3) is 0.545. The van der Waals surface area contributed by atoms with Crippen molar-refractivity contribution < 1.29 is 14.7 Å². The highest BCUT2D eigenvalue weighted by molar-refractivity contribution is 6.18. The Hall–Kier alpha value is -1.90. The molecule has 3 atom stereocenters. The smallest absolute Gasteiger partial charge is 0.173 e. The van der Waals surface area contributed by atoms with Crippen LogP contribution in [0, 0.1) is 22.2 Å². The summed E-state index contributed by atoms with van der Waals surface area (Å²) in [5.74, 6) is -0.454. The van der Waals surface area contributed by atoms with E-state index in [1.165, 1.54) is 11.6 Å². The predicted molar refractivity (Wildman–Crippen MR) is 101 cm³/mol. The molecule has 0 saturated heterocycles. The van der Waals surface area contributed by atoms with Crippen LogP contribution in [0.15, 0.2) is 48.8 Å². The minimum atomic E-state index is -1.16. The van der Waals surface area contributed by atoms with E-state index in [-0.39, 0.29) is 23.2 Å². The lowest BCUT2D eigenvalue weighted by Gasteiger charge is -2.59. The molecule has 3 nitrogen and oxygen atoms in total. The third-order valence-electron chi connectivity index (χ3n) is 6.47. The maximum atomic E-state index is 13.6. The molecule has 25 heavy (non-hydrogen) atoms. The summed E-state index contributed by atoms with van der Waals surface area (Å²) >= 11 is 0. The van der Waals surface area contributed by atoms with Crippen molar-refractivity contribution in [3.8, 4) is 0 Å². The number of hydrogen-bond acceptors (Lipinski definition) is 3. The van der Waals surface area contributed by atoms with E-state index in [1.54, 1.807) is 12.2 Å². The number of aliphatic hydroxyl groups excluding tert-OH is 1. The molecule has 0 radical (unpaired) electrons. The van der Waals surface area contributed by atoms with Crippen LogP contribution in [-0.2, 0) is 9.59 Å². The molecule has 0 aliphatic heterocycles. The molecule has 2 bridgehead atoms. The zero-order valence-corrected chi connectivity index (χ0v) is 15.9. The molecule has 2 rings (SSSR count). The molecule has 2 aliphatic carbocycles. The summed E-state index contributed by atoms with van der Waals surface area (Å²) in [6, 6.07) is 0. The molecule has 0 heterocycles. The van der Waals surface area contributed by atoms with Gasteiger partial charge in [0.05, 0.1) is 5.41 Å². The van der Waals surface area contributed by atoms with Crippen LogP contribution in [0.3, 0.4) is 0 Å². The lowest BCUT2D eigenvalue weighted by Crippen LogP contribution is -2.65. The summed E-state index contributed by atoms with van der Waals surface area (Å²) < 4.78 is 0. The zero-order chi connectivity index (χ0) is 19.0. The first kappa shape index (κ1) is 19.4. The second kappa shape index (κ2) is 6.44. The Bertz CT molecular complexity index is 675. The Morgan fingerprint density at radius 1 is 1.24 bits per heavy atom. The second-order valence-corrected chi connectivity index (χ2v) is 8.34. The second-order valence-electron chi connectivity index (χ2n) is 8.34. The van der Waals surface area contributed by atoms with E-state index >= 15 is 0 Å². The molecule has 0 amide bonds. The van der Waals surface area contributed by atoms with Gasteiger partial charge >= 0.3 is 0 Å². The van der Waals surface area contributed by atoms with Gasteiger partial charge in [0.2, 0.25) is 0 Å². The van der Waals surface area contributed by atoms with Crippen LogP contribution in [0.25, 0.3) is 0 Å². The third-order valence-corrected chi connectivity index (χ3v) is 6.47. The van der Waals surface area contributed by atoms with Crippen molar-refractivity contribution in [1.82, 2.24) is 0 Å². The first-order valence-corrected chi connectivity index (χ1v) is 8.95. The van der Waals surface area contributed by atoms with Crippen molar-refractivity contribution in [2.45, 2.75) is 53.4 Å². The number of aliphatic hydroxyl groups is 1. The van der Waals surface area contributed by atoms with Crippen molar-refractivity contribution in [1.29, 1.82) is 0 Å². The SMILES string of the molecule is C=CC[C@@]12C[C@@H](CC=C(C)C)C(C)(C)[C@@](CC=C)(C(=O)C=C1O)C2=O. The van der Waals surface area contributed by atoms with Gasteiger partial charge in [-0.25, -0.2) is 0 Å². The monoisotopic (exact) mass is 342 g/mol. The Kier molecular flexibility index (Phi) is 5.00. The Balaban J connectivity index is 2.74. The van der Waals surface area contributed by atoms with Gasteiger partial charge < -0.3 is 5.11 Å². The topological polar surface area (TPSA) is 54.4 Å². The molecule has 1 fully saturated rings. The minimum Gasteiger partial charge on any atom is -0.511 e. The quantitative estimate of drug-likeness (QED) is 0.539. The van der Waals surface area contributed by atoms with Crippen molar-refractivity contribution in [3.05, 3.63) is 48.8 Å². The highest BCUT2D eigenvalue weighted by Gasteiger charge is 2.69. The summed E-state index contributed by atoms with van der Waals surface area (Å²) in [5, 5.41) is 10.6. The Morgan fingerprint density at radius 3 is 2.36 bits per heavy atom. The molecule has 0 spiro atoms. The van der Waals surface area contributed by atoms with E-state index < -0.39 is 16.2 Å².